The maximum Gasteiger partial charge on any atom is 0.243 e. The lowest BCUT2D eigenvalue weighted by Crippen LogP contribution is -2.56. The molecule has 0 spiro atoms. The Labute approximate surface area is 208 Å². The van der Waals surface area contributed by atoms with Gasteiger partial charge in [-0.05, 0) is 30.0 Å². The molecule has 2 aromatic carbocycles. The van der Waals surface area contributed by atoms with Crippen molar-refractivity contribution in [1.29, 1.82) is 0 Å². The molecule has 1 heterocycles. The molecule has 0 bridgehead atoms. The van der Waals surface area contributed by atoms with Crippen molar-refractivity contribution in [2.75, 3.05) is 31.6 Å². The van der Waals surface area contributed by atoms with Gasteiger partial charge in [-0.2, -0.15) is 0 Å². The van der Waals surface area contributed by atoms with Crippen molar-refractivity contribution in [2.45, 2.75) is 51.5 Å². The number of phenolic OH excluding ortho intramolecular Hbond substituents is 1. The zero-order valence-electron chi connectivity index (χ0n) is 20.8. The third-order valence-corrected chi connectivity index (χ3v) is 6.76. The Morgan fingerprint density at radius 3 is 2.40 bits per heavy atom. The Morgan fingerprint density at radius 1 is 1.11 bits per heavy atom. The summed E-state index contributed by atoms with van der Waals surface area (Å²) in [6.45, 7) is 3.98. The van der Waals surface area contributed by atoms with Crippen LogP contribution in [0.5, 0.6) is 11.5 Å². The zero-order valence-corrected chi connectivity index (χ0v) is 20.8. The summed E-state index contributed by atoms with van der Waals surface area (Å²) in [5.74, 6) is 5.91. The SMILES string of the molecule is CC1CCCC1.COc1ccc(N2CCN(C(=O)CC(=O)NN)[C@@H](Cc3ccccc3)C2)cc1O. The Kier molecular flexibility index (Phi) is 9.78. The molecule has 35 heavy (non-hydrogen) atoms. The number of hydrogen-bond donors (Lipinski definition) is 3. The van der Waals surface area contributed by atoms with Crippen molar-refractivity contribution in [3.8, 4) is 11.5 Å². The molecule has 8 heteroatoms. The number of aromatic hydroxyl groups is 1. The number of rotatable bonds is 6. The number of methoxy groups -OCH3 is 1. The summed E-state index contributed by atoms with van der Waals surface area (Å²) in [4.78, 5) is 28.1. The maximum atomic E-state index is 12.7. The van der Waals surface area contributed by atoms with Crippen LogP contribution in [-0.2, 0) is 16.0 Å². The fourth-order valence-electron chi connectivity index (χ4n) is 4.77. The molecular formula is C27H38N4O4. The van der Waals surface area contributed by atoms with Crippen LogP contribution in [0.4, 0.5) is 5.69 Å². The van der Waals surface area contributed by atoms with E-state index in [2.05, 4.69) is 11.8 Å². The molecule has 4 rings (SSSR count). The second-order valence-corrected chi connectivity index (χ2v) is 9.37. The van der Waals surface area contributed by atoms with Crippen molar-refractivity contribution in [2.24, 2.45) is 11.8 Å². The number of benzene rings is 2. The molecule has 1 saturated heterocycles. The lowest BCUT2D eigenvalue weighted by molar-refractivity contribution is -0.138. The second kappa shape index (κ2) is 13.0. The van der Waals surface area contributed by atoms with E-state index in [-0.39, 0.29) is 24.1 Å². The Balaban J connectivity index is 0.000000497. The molecule has 0 aromatic heterocycles. The molecule has 2 amide bonds. The Morgan fingerprint density at radius 2 is 1.83 bits per heavy atom. The number of anilines is 1. The number of ether oxygens (including phenoxy) is 1. The number of piperazine rings is 1. The summed E-state index contributed by atoms with van der Waals surface area (Å²) in [6.07, 6.45) is 6.34. The summed E-state index contributed by atoms with van der Waals surface area (Å²) < 4.78 is 5.11. The van der Waals surface area contributed by atoms with Crippen LogP contribution in [0.25, 0.3) is 0 Å². The summed E-state index contributed by atoms with van der Waals surface area (Å²) in [5, 5.41) is 10.1. The number of phenols is 1. The van der Waals surface area contributed by atoms with E-state index in [1.807, 2.05) is 41.8 Å². The molecule has 8 nitrogen and oxygen atoms in total. The van der Waals surface area contributed by atoms with Gasteiger partial charge >= 0.3 is 0 Å². The van der Waals surface area contributed by atoms with Crippen LogP contribution >= 0.6 is 0 Å². The third-order valence-electron chi connectivity index (χ3n) is 6.76. The molecule has 1 aliphatic carbocycles. The molecule has 4 N–H and O–H groups in total. The van der Waals surface area contributed by atoms with Crippen LogP contribution in [0, 0.1) is 5.92 Å². The molecule has 0 radical (unpaired) electrons. The smallest absolute Gasteiger partial charge is 0.243 e. The first kappa shape index (κ1) is 26.3. The van der Waals surface area contributed by atoms with Crippen LogP contribution in [0.15, 0.2) is 48.5 Å². The number of nitrogens with one attached hydrogen (secondary N) is 1. The summed E-state index contributed by atoms with van der Waals surface area (Å²) in [5.41, 5.74) is 3.98. The van der Waals surface area contributed by atoms with Crippen molar-refractivity contribution in [3.63, 3.8) is 0 Å². The van der Waals surface area contributed by atoms with Gasteiger partial charge in [0.2, 0.25) is 11.8 Å². The molecule has 2 aliphatic rings. The molecule has 190 valence electrons. The van der Waals surface area contributed by atoms with Crippen LogP contribution < -0.4 is 20.9 Å². The van der Waals surface area contributed by atoms with E-state index in [1.54, 1.807) is 17.0 Å². The largest absolute Gasteiger partial charge is 0.504 e. The minimum atomic E-state index is -0.504. The van der Waals surface area contributed by atoms with Gasteiger partial charge in [-0.25, -0.2) is 5.84 Å². The Bertz CT molecular complexity index is 963. The number of carbonyl (C=O) groups is 2. The molecule has 1 aliphatic heterocycles. The molecule has 1 atom stereocenters. The van der Waals surface area contributed by atoms with E-state index >= 15 is 0 Å². The van der Waals surface area contributed by atoms with E-state index in [9.17, 15) is 14.7 Å². The number of nitrogens with two attached hydrogens (primary N) is 1. The second-order valence-electron chi connectivity index (χ2n) is 9.37. The normalized spacial score (nSPS) is 18.0. The Hall–Kier alpha value is -3.26. The predicted molar refractivity (Wildman–Crippen MR) is 137 cm³/mol. The van der Waals surface area contributed by atoms with Gasteiger partial charge in [0.1, 0.15) is 6.42 Å². The van der Waals surface area contributed by atoms with Gasteiger partial charge < -0.3 is 19.6 Å². The highest BCUT2D eigenvalue weighted by Crippen LogP contribution is 2.32. The fraction of sp³-hybridized carbons (Fsp3) is 0.481. The molecule has 0 unspecified atom stereocenters. The van der Waals surface area contributed by atoms with E-state index in [0.29, 0.717) is 31.8 Å². The highest BCUT2D eigenvalue weighted by Gasteiger charge is 2.31. The first-order valence-corrected chi connectivity index (χ1v) is 12.4. The number of hydrazine groups is 1. The summed E-state index contributed by atoms with van der Waals surface area (Å²) in [7, 11) is 1.51. The summed E-state index contributed by atoms with van der Waals surface area (Å²) >= 11 is 0. The zero-order chi connectivity index (χ0) is 25.2. The van der Waals surface area contributed by atoms with E-state index in [0.717, 1.165) is 17.2 Å². The number of nitrogens with zero attached hydrogens (tertiary/aromatic N) is 2. The van der Waals surface area contributed by atoms with Crippen molar-refractivity contribution in [1.82, 2.24) is 10.3 Å². The number of hydrogen-bond acceptors (Lipinski definition) is 6. The molecular weight excluding hydrogens is 444 g/mol. The highest BCUT2D eigenvalue weighted by molar-refractivity contribution is 5.96. The van der Waals surface area contributed by atoms with Crippen molar-refractivity contribution >= 4 is 17.5 Å². The average molecular weight is 483 g/mol. The fourth-order valence-corrected chi connectivity index (χ4v) is 4.77. The lowest BCUT2D eigenvalue weighted by Gasteiger charge is -2.42. The van der Waals surface area contributed by atoms with Crippen LogP contribution in [0.2, 0.25) is 0 Å². The summed E-state index contributed by atoms with van der Waals surface area (Å²) in [6, 6.07) is 15.1. The number of amides is 2. The molecule has 2 fully saturated rings. The van der Waals surface area contributed by atoms with Gasteiger partial charge in [-0.15, -0.1) is 0 Å². The van der Waals surface area contributed by atoms with Gasteiger partial charge in [-0.1, -0.05) is 62.9 Å². The highest BCUT2D eigenvalue weighted by atomic mass is 16.5. The van der Waals surface area contributed by atoms with Gasteiger partial charge in [0.15, 0.2) is 11.5 Å². The first-order valence-electron chi connectivity index (χ1n) is 12.4. The van der Waals surface area contributed by atoms with Gasteiger partial charge in [0.25, 0.3) is 0 Å². The van der Waals surface area contributed by atoms with Crippen molar-refractivity contribution < 1.29 is 19.4 Å². The first-order chi connectivity index (χ1) is 16.9. The molecule has 1 saturated carbocycles. The monoisotopic (exact) mass is 482 g/mol. The lowest BCUT2D eigenvalue weighted by atomic mass is 10.0. The van der Waals surface area contributed by atoms with E-state index in [1.165, 1.54) is 32.8 Å². The predicted octanol–water partition coefficient (Wildman–Crippen LogP) is 3.24. The van der Waals surface area contributed by atoms with Gasteiger partial charge in [-0.3, -0.25) is 15.0 Å². The molecule has 2 aromatic rings. The van der Waals surface area contributed by atoms with Gasteiger partial charge in [0, 0.05) is 31.4 Å². The third kappa shape index (κ3) is 7.62. The topological polar surface area (TPSA) is 108 Å². The average Bonchev–Trinajstić information content (AvgIpc) is 3.35. The van der Waals surface area contributed by atoms with E-state index < -0.39 is 5.91 Å². The minimum absolute atomic E-state index is 0.0720. The van der Waals surface area contributed by atoms with Gasteiger partial charge in [0.05, 0.1) is 13.2 Å². The minimum Gasteiger partial charge on any atom is -0.504 e. The standard InChI is InChI=1S/C21H26N4O4.C6H12/c1-29-19-8-7-16(12-18(19)26)24-9-10-25(21(28)13-20(27)23-22)17(14-24)11-15-5-3-2-4-6-15;1-6-4-2-3-5-6/h2-8,12,17,26H,9-11,13-14,22H2,1H3,(H,23,27);6H,2-5H2,1H3/t17-;/m0./s1. The van der Waals surface area contributed by atoms with Crippen LogP contribution in [0.1, 0.15) is 44.6 Å². The van der Waals surface area contributed by atoms with Crippen LogP contribution in [-0.4, -0.2) is 54.6 Å². The quantitative estimate of drug-likeness (QED) is 0.253. The maximum absolute atomic E-state index is 12.7. The van der Waals surface area contributed by atoms with Crippen molar-refractivity contribution in [3.05, 3.63) is 54.1 Å². The van der Waals surface area contributed by atoms with E-state index in [4.69, 9.17) is 10.6 Å². The number of carbonyl (C=O) groups excluding carboxylic acids is 2. The van der Waals surface area contributed by atoms with Crippen LogP contribution in [0.3, 0.4) is 0 Å².